The van der Waals surface area contributed by atoms with Crippen molar-refractivity contribution in [2.45, 2.75) is 25.3 Å². The number of hydrogen-bond acceptors (Lipinski definition) is 4. The van der Waals surface area contributed by atoms with E-state index in [2.05, 4.69) is 10.2 Å². The molecule has 2 aliphatic rings. The van der Waals surface area contributed by atoms with E-state index in [0.717, 1.165) is 44.9 Å². The van der Waals surface area contributed by atoms with Crippen LogP contribution in [0.3, 0.4) is 0 Å². The molecule has 0 spiro atoms. The number of ether oxygens (including phenoxy) is 2. The fourth-order valence-corrected chi connectivity index (χ4v) is 2.87. The highest BCUT2D eigenvalue weighted by atomic mass is 16.5. The molecule has 0 aromatic carbocycles. The van der Waals surface area contributed by atoms with Gasteiger partial charge in [0.1, 0.15) is 0 Å². The standard InChI is InChI=1S/C13H26N2O2/c1-16-8-5-14-9-13-3-2-6-15(13)10-12-4-7-17-11-12/h12-14H,2-11H2,1H3. The van der Waals surface area contributed by atoms with Gasteiger partial charge in [-0.25, -0.2) is 0 Å². The average Bonchev–Trinajstić information content (AvgIpc) is 2.97. The number of likely N-dealkylation sites (tertiary alicyclic amines) is 1. The van der Waals surface area contributed by atoms with Crippen molar-refractivity contribution in [2.24, 2.45) is 5.92 Å². The summed E-state index contributed by atoms with van der Waals surface area (Å²) >= 11 is 0. The van der Waals surface area contributed by atoms with E-state index in [-0.39, 0.29) is 0 Å². The molecule has 4 heteroatoms. The van der Waals surface area contributed by atoms with Gasteiger partial charge in [-0.15, -0.1) is 0 Å². The SMILES string of the molecule is COCCNCC1CCCN1CC1CCOC1. The number of nitrogens with one attached hydrogen (secondary N) is 1. The molecule has 0 aromatic heterocycles. The van der Waals surface area contributed by atoms with Gasteiger partial charge in [0.05, 0.1) is 13.2 Å². The summed E-state index contributed by atoms with van der Waals surface area (Å²) < 4.78 is 10.5. The maximum Gasteiger partial charge on any atom is 0.0587 e. The maximum atomic E-state index is 5.46. The van der Waals surface area contributed by atoms with Crippen LogP contribution in [-0.2, 0) is 9.47 Å². The van der Waals surface area contributed by atoms with Gasteiger partial charge in [-0.2, -0.15) is 0 Å². The first-order valence-corrected chi connectivity index (χ1v) is 6.91. The first-order chi connectivity index (χ1) is 8.40. The van der Waals surface area contributed by atoms with E-state index in [0.29, 0.717) is 0 Å². The Hall–Kier alpha value is -0.160. The zero-order valence-corrected chi connectivity index (χ0v) is 11.0. The number of methoxy groups -OCH3 is 1. The zero-order valence-electron chi connectivity index (χ0n) is 11.0. The van der Waals surface area contributed by atoms with Crippen LogP contribution in [0.2, 0.25) is 0 Å². The van der Waals surface area contributed by atoms with Crippen molar-refractivity contribution in [3.63, 3.8) is 0 Å². The summed E-state index contributed by atoms with van der Waals surface area (Å²) in [6.45, 7) is 7.33. The monoisotopic (exact) mass is 242 g/mol. The molecule has 4 nitrogen and oxygen atoms in total. The van der Waals surface area contributed by atoms with Gasteiger partial charge in [0.2, 0.25) is 0 Å². The number of rotatable bonds is 7. The summed E-state index contributed by atoms with van der Waals surface area (Å²) in [5, 5.41) is 3.49. The molecule has 0 saturated carbocycles. The topological polar surface area (TPSA) is 33.7 Å². The normalized spacial score (nSPS) is 30.2. The van der Waals surface area contributed by atoms with Crippen LogP contribution in [0.15, 0.2) is 0 Å². The van der Waals surface area contributed by atoms with Gasteiger partial charge in [0, 0.05) is 39.4 Å². The van der Waals surface area contributed by atoms with Gasteiger partial charge < -0.3 is 14.8 Å². The van der Waals surface area contributed by atoms with Gasteiger partial charge >= 0.3 is 0 Å². The highest BCUT2D eigenvalue weighted by Crippen LogP contribution is 2.21. The lowest BCUT2D eigenvalue weighted by atomic mass is 10.1. The predicted octanol–water partition coefficient (Wildman–Crippen LogP) is 0.723. The third kappa shape index (κ3) is 4.21. The fourth-order valence-electron chi connectivity index (χ4n) is 2.87. The molecular formula is C13H26N2O2. The van der Waals surface area contributed by atoms with Crippen molar-refractivity contribution in [2.75, 3.05) is 53.1 Å². The van der Waals surface area contributed by atoms with Crippen molar-refractivity contribution < 1.29 is 9.47 Å². The third-order valence-corrected chi connectivity index (χ3v) is 3.88. The largest absolute Gasteiger partial charge is 0.383 e. The molecule has 1 N–H and O–H groups in total. The minimum atomic E-state index is 0.729. The minimum absolute atomic E-state index is 0.729. The van der Waals surface area contributed by atoms with Gasteiger partial charge in [0.15, 0.2) is 0 Å². The molecule has 100 valence electrons. The first kappa shape index (κ1) is 13.3. The fraction of sp³-hybridized carbons (Fsp3) is 1.00. The van der Waals surface area contributed by atoms with Gasteiger partial charge in [-0.05, 0) is 31.7 Å². The molecule has 2 unspecified atom stereocenters. The van der Waals surface area contributed by atoms with Crippen LogP contribution in [-0.4, -0.2) is 64.1 Å². The van der Waals surface area contributed by atoms with E-state index in [9.17, 15) is 0 Å². The lowest BCUT2D eigenvalue weighted by Crippen LogP contribution is -2.41. The van der Waals surface area contributed by atoms with E-state index in [1.807, 2.05) is 0 Å². The third-order valence-electron chi connectivity index (χ3n) is 3.88. The first-order valence-electron chi connectivity index (χ1n) is 6.91. The Bertz CT molecular complexity index is 208. The second-order valence-electron chi connectivity index (χ2n) is 5.22. The molecule has 0 aliphatic carbocycles. The quantitative estimate of drug-likeness (QED) is 0.667. The van der Waals surface area contributed by atoms with Crippen LogP contribution in [0.5, 0.6) is 0 Å². The van der Waals surface area contributed by atoms with Gasteiger partial charge in [0.25, 0.3) is 0 Å². The smallest absolute Gasteiger partial charge is 0.0587 e. The Labute approximate surface area is 105 Å². The van der Waals surface area contributed by atoms with Crippen LogP contribution in [0.4, 0.5) is 0 Å². The van der Waals surface area contributed by atoms with Crippen LogP contribution in [0.25, 0.3) is 0 Å². The second kappa shape index (κ2) is 7.31. The Morgan fingerprint density at radius 3 is 3.12 bits per heavy atom. The average molecular weight is 242 g/mol. The van der Waals surface area contributed by atoms with Gasteiger partial charge in [-0.3, -0.25) is 4.90 Å². The molecule has 0 bridgehead atoms. The molecule has 2 saturated heterocycles. The lowest BCUT2D eigenvalue weighted by Gasteiger charge is -2.27. The molecule has 0 aromatic rings. The van der Waals surface area contributed by atoms with E-state index < -0.39 is 0 Å². The summed E-state index contributed by atoms with van der Waals surface area (Å²) in [5.74, 6) is 0.773. The molecule has 2 rings (SSSR count). The van der Waals surface area contributed by atoms with Crippen molar-refractivity contribution in [3.05, 3.63) is 0 Å². The highest BCUT2D eigenvalue weighted by molar-refractivity contribution is 4.83. The molecule has 0 amide bonds. The number of nitrogens with zero attached hydrogens (tertiary/aromatic N) is 1. The summed E-state index contributed by atoms with van der Waals surface area (Å²) in [5.41, 5.74) is 0. The second-order valence-corrected chi connectivity index (χ2v) is 5.22. The summed E-state index contributed by atoms with van der Waals surface area (Å²) in [7, 11) is 1.75. The molecule has 2 heterocycles. The van der Waals surface area contributed by atoms with E-state index in [4.69, 9.17) is 9.47 Å². The molecule has 2 fully saturated rings. The Kier molecular flexibility index (Phi) is 5.71. The minimum Gasteiger partial charge on any atom is -0.383 e. The predicted molar refractivity (Wildman–Crippen MR) is 68.3 cm³/mol. The molecule has 0 radical (unpaired) electrons. The molecule has 2 aliphatic heterocycles. The van der Waals surface area contributed by atoms with Gasteiger partial charge in [-0.1, -0.05) is 0 Å². The summed E-state index contributed by atoms with van der Waals surface area (Å²) in [6.07, 6.45) is 3.94. The van der Waals surface area contributed by atoms with Crippen LogP contribution >= 0.6 is 0 Å². The van der Waals surface area contributed by atoms with Crippen LogP contribution < -0.4 is 5.32 Å². The molecule has 2 atom stereocenters. The maximum absolute atomic E-state index is 5.46. The number of hydrogen-bond donors (Lipinski definition) is 1. The summed E-state index contributed by atoms with van der Waals surface area (Å²) in [4.78, 5) is 2.65. The van der Waals surface area contributed by atoms with E-state index in [1.165, 1.54) is 32.4 Å². The van der Waals surface area contributed by atoms with Crippen molar-refractivity contribution in [3.8, 4) is 0 Å². The van der Waals surface area contributed by atoms with E-state index >= 15 is 0 Å². The Balaban J connectivity index is 1.65. The van der Waals surface area contributed by atoms with Crippen LogP contribution in [0.1, 0.15) is 19.3 Å². The highest BCUT2D eigenvalue weighted by Gasteiger charge is 2.27. The molecule has 17 heavy (non-hydrogen) atoms. The van der Waals surface area contributed by atoms with Crippen molar-refractivity contribution in [1.29, 1.82) is 0 Å². The Morgan fingerprint density at radius 1 is 1.41 bits per heavy atom. The van der Waals surface area contributed by atoms with E-state index in [1.54, 1.807) is 7.11 Å². The van der Waals surface area contributed by atoms with Crippen LogP contribution in [0, 0.1) is 5.92 Å². The van der Waals surface area contributed by atoms with Crippen molar-refractivity contribution >= 4 is 0 Å². The lowest BCUT2D eigenvalue weighted by molar-refractivity contribution is 0.159. The Morgan fingerprint density at radius 2 is 2.35 bits per heavy atom. The molecular weight excluding hydrogens is 216 g/mol. The summed E-state index contributed by atoms with van der Waals surface area (Å²) in [6, 6.07) is 0.729. The van der Waals surface area contributed by atoms with Crippen molar-refractivity contribution in [1.82, 2.24) is 10.2 Å². The zero-order chi connectivity index (χ0) is 11.9.